The van der Waals surface area contributed by atoms with Crippen molar-refractivity contribution in [1.29, 1.82) is 0 Å². The van der Waals surface area contributed by atoms with E-state index in [0.717, 1.165) is 0 Å². The molecular formula is C19H15NS. The molecule has 0 saturated heterocycles. The Morgan fingerprint density at radius 1 is 0.714 bits per heavy atom. The first-order valence-corrected chi connectivity index (χ1v) is 8.24. The zero-order chi connectivity index (χ0) is 14.2. The maximum atomic E-state index is 3.59. The molecule has 3 aromatic carbocycles. The van der Waals surface area contributed by atoms with E-state index in [-0.39, 0.29) is 0 Å². The van der Waals surface area contributed by atoms with E-state index >= 15 is 0 Å². The Labute approximate surface area is 128 Å². The lowest BCUT2D eigenvalue weighted by Gasteiger charge is -2.08. The van der Waals surface area contributed by atoms with Crippen LogP contribution in [-0.2, 0) is 0 Å². The first kappa shape index (κ1) is 12.5. The third-order valence-electron chi connectivity index (χ3n) is 3.94. The van der Waals surface area contributed by atoms with E-state index in [1.807, 2.05) is 0 Å². The minimum atomic E-state index is 1.20. The Bertz CT molecular complexity index is 937. The second kappa shape index (κ2) is 4.97. The smallest absolute Gasteiger partial charge is 0.0544 e. The quantitative estimate of drug-likeness (QED) is 0.467. The summed E-state index contributed by atoms with van der Waals surface area (Å²) in [4.78, 5) is 4.90. The second-order valence-corrected chi connectivity index (χ2v) is 5.95. The Hall–Kier alpha value is -2.19. The fourth-order valence-corrected chi connectivity index (χ4v) is 3.58. The summed E-state index contributed by atoms with van der Waals surface area (Å²) in [6, 6.07) is 23.6. The molecule has 0 unspecified atom stereocenters. The lowest BCUT2D eigenvalue weighted by atomic mass is 10.0. The molecular weight excluding hydrogens is 274 g/mol. The van der Waals surface area contributed by atoms with E-state index in [9.17, 15) is 0 Å². The van der Waals surface area contributed by atoms with Gasteiger partial charge in [-0.05, 0) is 24.0 Å². The lowest BCUT2D eigenvalue weighted by Crippen LogP contribution is -1.83. The minimum absolute atomic E-state index is 1.20. The lowest BCUT2D eigenvalue weighted by molar-refractivity contribution is 1.44. The largest absolute Gasteiger partial charge is 0.354 e. The number of hydrogen-bond acceptors (Lipinski definition) is 1. The molecule has 1 N–H and O–H groups in total. The summed E-state index contributed by atoms with van der Waals surface area (Å²) in [6.45, 7) is 0. The Morgan fingerprint density at radius 2 is 1.43 bits per heavy atom. The summed E-state index contributed by atoms with van der Waals surface area (Å²) >= 11 is 1.79. The highest BCUT2D eigenvalue weighted by atomic mass is 32.2. The standard InChI is InChI=1S/C19H15NS/c1-21-18-12-5-3-8-14(18)16-10-6-9-15-13-7-2-4-11-17(13)20-19(15)16/h2-12,20H,1H3. The highest BCUT2D eigenvalue weighted by Crippen LogP contribution is 2.36. The molecule has 0 aliphatic carbocycles. The molecule has 1 heterocycles. The molecule has 0 bridgehead atoms. The summed E-state index contributed by atoms with van der Waals surface area (Å²) in [7, 11) is 0. The average molecular weight is 289 g/mol. The monoisotopic (exact) mass is 289 g/mol. The zero-order valence-corrected chi connectivity index (χ0v) is 12.6. The van der Waals surface area contributed by atoms with E-state index in [1.54, 1.807) is 11.8 Å². The van der Waals surface area contributed by atoms with Gasteiger partial charge in [-0.25, -0.2) is 0 Å². The normalized spacial score (nSPS) is 11.3. The van der Waals surface area contributed by atoms with Gasteiger partial charge in [-0.15, -0.1) is 11.8 Å². The maximum absolute atomic E-state index is 3.59. The van der Waals surface area contributed by atoms with Crippen LogP contribution in [0.4, 0.5) is 0 Å². The molecule has 2 heteroatoms. The highest BCUT2D eigenvalue weighted by molar-refractivity contribution is 7.98. The number of fused-ring (bicyclic) bond motifs is 3. The predicted octanol–water partition coefficient (Wildman–Crippen LogP) is 5.71. The van der Waals surface area contributed by atoms with Gasteiger partial charge in [0, 0.05) is 26.7 Å². The first-order valence-electron chi connectivity index (χ1n) is 7.01. The number of para-hydroxylation sites is 2. The minimum Gasteiger partial charge on any atom is -0.354 e. The molecule has 1 nitrogen and oxygen atoms in total. The highest BCUT2D eigenvalue weighted by Gasteiger charge is 2.11. The van der Waals surface area contributed by atoms with Crippen molar-refractivity contribution in [1.82, 2.24) is 4.98 Å². The molecule has 0 atom stereocenters. The molecule has 4 aromatic rings. The van der Waals surface area contributed by atoms with Crippen LogP contribution in [0, 0.1) is 0 Å². The van der Waals surface area contributed by atoms with E-state index < -0.39 is 0 Å². The molecule has 0 fully saturated rings. The van der Waals surface area contributed by atoms with Crippen molar-refractivity contribution in [2.75, 3.05) is 6.26 Å². The molecule has 0 saturated carbocycles. The summed E-state index contributed by atoms with van der Waals surface area (Å²) < 4.78 is 0. The fraction of sp³-hybridized carbons (Fsp3) is 0.0526. The fourth-order valence-electron chi connectivity index (χ4n) is 2.96. The summed E-state index contributed by atoms with van der Waals surface area (Å²) in [5.41, 5.74) is 4.98. The van der Waals surface area contributed by atoms with E-state index in [2.05, 4.69) is 78.0 Å². The van der Waals surface area contributed by atoms with Crippen LogP contribution in [0.3, 0.4) is 0 Å². The van der Waals surface area contributed by atoms with E-state index in [4.69, 9.17) is 0 Å². The van der Waals surface area contributed by atoms with Crippen molar-refractivity contribution < 1.29 is 0 Å². The summed E-state index contributed by atoms with van der Waals surface area (Å²) in [5, 5.41) is 2.58. The molecule has 0 spiro atoms. The Kier molecular flexibility index (Phi) is 2.97. The van der Waals surface area contributed by atoms with Gasteiger partial charge in [0.15, 0.2) is 0 Å². The molecule has 21 heavy (non-hydrogen) atoms. The Balaban J connectivity index is 2.10. The molecule has 0 aliphatic rings. The van der Waals surface area contributed by atoms with Crippen molar-refractivity contribution >= 4 is 33.6 Å². The third kappa shape index (κ3) is 1.95. The zero-order valence-electron chi connectivity index (χ0n) is 11.8. The molecule has 4 rings (SSSR count). The number of aromatic amines is 1. The van der Waals surface area contributed by atoms with Crippen LogP contribution in [0.5, 0.6) is 0 Å². The molecule has 102 valence electrons. The average Bonchev–Trinajstić information content (AvgIpc) is 2.93. The van der Waals surface area contributed by atoms with E-state index in [0.29, 0.717) is 0 Å². The van der Waals surface area contributed by atoms with Crippen molar-refractivity contribution in [3.63, 3.8) is 0 Å². The summed E-state index contributed by atoms with van der Waals surface area (Å²) in [5.74, 6) is 0. The molecule has 0 radical (unpaired) electrons. The molecule has 1 aromatic heterocycles. The number of rotatable bonds is 2. The first-order chi connectivity index (χ1) is 10.4. The van der Waals surface area contributed by atoms with Gasteiger partial charge >= 0.3 is 0 Å². The van der Waals surface area contributed by atoms with E-state index in [1.165, 1.54) is 37.8 Å². The van der Waals surface area contributed by atoms with Crippen LogP contribution in [0.25, 0.3) is 32.9 Å². The van der Waals surface area contributed by atoms with Gasteiger partial charge in [0.25, 0.3) is 0 Å². The van der Waals surface area contributed by atoms with Crippen molar-refractivity contribution in [3.05, 3.63) is 66.7 Å². The summed E-state index contributed by atoms with van der Waals surface area (Å²) in [6.07, 6.45) is 2.13. The number of nitrogens with one attached hydrogen (secondary N) is 1. The number of hydrogen-bond donors (Lipinski definition) is 1. The number of thioether (sulfide) groups is 1. The second-order valence-electron chi connectivity index (χ2n) is 5.10. The number of aromatic nitrogens is 1. The van der Waals surface area contributed by atoms with Gasteiger partial charge in [0.2, 0.25) is 0 Å². The van der Waals surface area contributed by atoms with Crippen molar-refractivity contribution in [3.8, 4) is 11.1 Å². The van der Waals surface area contributed by atoms with Crippen LogP contribution in [0.2, 0.25) is 0 Å². The van der Waals surface area contributed by atoms with Gasteiger partial charge in [-0.1, -0.05) is 54.6 Å². The van der Waals surface area contributed by atoms with Gasteiger partial charge in [-0.2, -0.15) is 0 Å². The van der Waals surface area contributed by atoms with Crippen LogP contribution < -0.4 is 0 Å². The third-order valence-corrected chi connectivity index (χ3v) is 4.73. The molecule has 0 amide bonds. The number of benzene rings is 3. The van der Waals surface area contributed by atoms with Gasteiger partial charge in [0.05, 0.1) is 5.52 Å². The van der Waals surface area contributed by atoms with Gasteiger partial charge < -0.3 is 4.98 Å². The van der Waals surface area contributed by atoms with Crippen LogP contribution in [0.15, 0.2) is 71.6 Å². The molecule has 0 aliphatic heterocycles. The predicted molar refractivity (Wildman–Crippen MR) is 93.0 cm³/mol. The van der Waals surface area contributed by atoms with Crippen molar-refractivity contribution in [2.45, 2.75) is 4.90 Å². The van der Waals surface area contributed by atoms with Crippen LogP contribution in [-0.4, -0.2) is 11.2 Å². The SMILES string of the molecule is CSc1ccccc1-c1cccc2c1[nH]c1ccccc12. The van der Waals surface area contributed by atoms with Gasteiger partial charge in [-0.3, -0.25) is 0 Å². The van der Waals surface area contributed by atoms with Crippen molar-refractivity contribution in [2.24, 2.45) is 0 Å². The van der Waals surface area contributed by atoms with Crippen LogP contribution in [0.1, 0.15) is 0 Å². The maximum Gasteiger partial charge on any atom is 0.0544 e. The topological polar surface area (TPSA) is 15.8 Å². The van der Waals surface area contributed by atoms with Gasteiger partial charge in [0.1, 0.15) is 0 Å². The van der Waals surface area contributed by atoms with Crippen LogP contribution >= 0.6 is 11.8 Å². The number of H-pyrrole nitrogens is 1. The Morgan fingerprint density at radius 3 is 2.33 bits per heavy atom.